The van der Waals surface area contributed by atoms with Gasteiger partial charge in [0.25, 0.3) is 0 Å². The van der Waals surface area contributed by atoms with E-state index in [9.17, 15) is 0 Å². The molecule has 2 rings (SSSR count). The second kappa shape index (κ2) is 4.16. The van der Waals surface area contributed by atoms with Crippen molar-refractivity contribution in [3.05, 3.63) is 5.82 Å². The lowest BCUT2D eigenvalue weighted by atomic mass is 9.95. The Bertz CT molecular complexity index is 326. The molecule has 15 heavy (non-hydrogen) atoms. The van der Waals surface area contributed by atoms with Crippen LogP contribution in [0, 0.1) is 5.92 Å². The van der Waals surface area contributed by atoms with Crippen molar-refractivity contribution < 1.29 is 5.11 Å². The largest absolute Gasteiger partial charge is 0.388 e. The van der Waals surface area contributed by atoms with Gasteiger partial charge in [-0.15, -0.1) is 5.10 Å². The van der Waals surface area contributed by atoms with Crippen molar-refractivity contribution in [1.29, 1.82) is 0 Å². The SMILES string of the molecule is CC1CCN(c2n[nH]c(CO)n2)CC1N. The van der Waals surface area contributed by atoms with E-state index in [0.717, 1.165) is 19.5 Å². The number of aromatic amines is 1. The van der Waals surface area contributed by atoms with Crippen LogP contribution in [0.4, 0.5) is 5.95 Å². The first-order chi connectivity index (χ1) is 7.20. The third-order valence-corrected chi connectivity index (χ3v) is 2.97. The van der Waals surface area contributed by atoms with Crippen molar-refractivity contribution in [2.45, 2.75) is 26.0 Å². The Kier molecular flexibility index (Phi) is 2.88. The number of nitrogens with two attached hydrogens (primary N) is 1. The Morgan fingerprint density at radius 3 is 3.07 bits per heavy atom. The number of H-pyrrole nitrogens is 1. The molecule has 1 saturated heterocycles. The Labute approximate surface area is 88.5 Å². The lowest BCUT2D eigenvalue weighted by Gasteiger charge is -2.34. The van der Waals surface area contributed by atoms with Crippen LogP contribution >= 0.6 is 0 Å². The summed E-state index contributed by atoms with van der Waals surface area (Å²) in [7, 11) is 0. The van der Waals surface area contributed by atoms with Crippen molar-refractivity contribution in [2.24, 2.45) is 11.7 Å². The summed E-state index contributed by atoms with van der Waals surface area (Å²) >= 11 is 0. The Balaban J connectivity index is 2.05. The number of nitrogens with zero attached hydrogens (tertiary/aromatic N) is 3. The summed E-state index contributed by atoms with van der Waals surface area (Å²) < 4.78 is 0. The summed E-state index contributed by atoms with van der Waals surface area (Å²) in [6.45, 7) is 3.77. The Hall–Kier alpha value is -1.14. The van der Waals surface area contributed by atoms with Crippen LogP contribution in [-0.2, 0) is 6.61 Å². The van der Waals surface area contributed by atoms with Gasteiger partial charge in [-0.05, 0) is 12.3 Å². The third kappa shape index (κ3) is 2.10. The van der Waals surface area contributed by atoms with Gasteiger partial charge in [0.05, 0.1) is 0 Å². The van der Waals surface area contributed by atoms with Crippen LogP contribution in [-0.4, -0.2) is 39.4 Å². The summed E-state index contributed by atoms with van der Waals surface area (Å²) in [5.74, 6) is 1.69. The lowest BCUT2D eigenvalue weighted by molar-refractivity contribution is 0.272. The van der Waals surface area contributed by atoms with E-state index in [1.807, 2.05) is 0 Å². The molecule has 1 aromatic rings. The van der Waals surface area contributed by atoms with E-state index in [-0.39, 0.29) is 12.6 Å². The van der Waals surface area contributed by atoms with Gasteiger partial charge in [0, 0.05) is 19.1 Å². The van der Waals surface area contributed by atoms with Crippen molar-refractivity contribution in [3.63, 3.8) is 0 Å². The highest BCUT2D eigenvalue weighted by atomic mass is 16.3. The first-order valence-electron chi connectivity index (χ1n) is 5.23. The molecule has 4 N–H and O–H groups in total. The number of aliphatic hydroxyl groups excluding tert-OH is 1. The zero-order valence-corrected chi connectivity index (χ0v) is 8.85. The lowest BCUT2D eigenvalue weighted by Crippen LogP contribution is -2.48. The average Bonchev–Trinajstić information content (AvgIpc) is 2.70. The summed E-state index contributed by atoms with van der Waals surface area (Å²) in [6, 6.07) is 0.176. The molecule has 0 aromatic carbocycles. The molecule has 0 spiro atoms. The van der Waals surface area contributed by atoms with E-state index in [2.05, 4.69) is 27.0 Å². The van der Waals surface area contributed by atoms with E-state index in [4.69, 9.17) is 10.8 Å². The van der Waals surface area contributed by atoms with Crippen LogP contribution in [0.15, 0.2) is 0 Å². The molecule has 2 atom stereocenters. The summed E-state index contributed by atoms with van der Waals surface area (Å²) in [6.07, 6.45) is 1.06. The molecule has 1 aliphatic heterocycles. The molecule has 1 aromatic heterocycles. The first-order valence-corrected chi connectivity index (χ1v) is 5.23. The summed E-state index contributed by atoms with van der Waals surface area (Å²) in [5, 5.41) is 15.6. The van der Waals surface area contributed by atoms with Crippen molar-refractivity contribution in [3.8, 4) is 0 Å². The van der Waals surface area contributed by atoms with Gasteiger partial charge >= 0.3 is 0 Å². The predicted molar refractivity (Wildman–Crippen MR) is 56.3 cm³/mol. The maximum Gasteiger partial charge on any atom is 0.244 e. The van der Waals surface area contributed by atoms with Gasteiger partial charge < -0.3 is 15.7 Å². The van der Waals surface area contributed by atoms with Gasteiger partial charge in [-0.25, -0.2) is 0 Å². The van der Waals surface area contributed by atoms with Gasteiger partial charge in [-0.3, -0.25) is 5.10 Å². The quantitative estimate of drug-likeness (QED) is 0.611. The number of hydrogen-bond acceptors (Lipinski definition) is 5. The van der Waals surface area contributed by atoms with Gasteiger partial charge in [-0.2, -0.15) is 4.98 Å². The fourth-order valence-corrected chi connectivity index (χ4v) is 1.78. The summed E-state index contributed by atoms with van der Waals surface area (Å²) in [4.78, 5) is 6.22. The standard InChI is InChI=1S/C9H17N5O/c1-6-2-3-14(4-7(6)10)9-11-8(5-15)12-13-9/h6-7,15H,2-5,10H2,1H3,(H,11,12,13). The number of aliphatic hydroxyl groups is 1. The van der Waals surface area contributed by atoms with Crippen LogP contribution in [0.5, 0.6) is 0 Å². The van der Waals surface area contributed by atoms with Crippen molar-refractivity contribution in [2.75, 3.05) is 18.0 Å². The monoisotopic (exact) mass is 211 g/mol. The van der Waals surface area contributed by atoms with E-state index in [0.29, 0.717) is 17.7 Å². The highest BCUT2D eigenvalue weighted by Crippen LogP contribution is 2.19. The molecule has 1 aliphatic rings. The molecule has 84 valence electrons. The van der Waals surface area contributed by atoms with Gasteiger partial charge in [0.2, 0.25) is 5.95 Å². The molecule has 1 fully saturated rings. The number of anilines is 1. The number of nitrogens with one attached hydrogen (secondary N) is 1. The van der Waals surface area contributed by atoms with Gasteiger partial charge in [0.15, 0.2) is 5.82 Å². The molecule has 0 radical (unpaired) electrons. The zero-order valence-electron chi connectivity index (χ0n) is 8.85. The smallest absolute Gasteiger partial charge is 0.244 e. The average molecular weight is 211 g/mol. The van der Waals surface area contributed by atoms with Gasteiger partial charge in [-0.1, -0.05) is 6.92 Å². The minimum absolute atomic E-state index is 0.108. The molecule has 0 saturated carbocycles. The molecule has 6 heteroatoms. The molecule has 2 heterocycles. The molecule has 2 unspecified atom stereocenters. The van der Waals surface area contributed by atoms with Crippen LogP contribution in [0.3, 0.4) is 0 Å². The van der Waals surface area contributed by atoms with E-state index < -0.39 is 0 Å². The van der Waals surface area contributed by atoms with Crippen LogP contribution in [0.2, 0.25) is 0 Å². The minimum atomic E-state index is -0.108. The number of aromatic nitrogens is 3. The van der Waals surface area contributed by atoms with E-state index in [1.54, 1.807) is 0 Å². The molecular formula is C9H17N5O. The fourth-order valence-electron chi connectivity index (χ4n) is 1.78. The maximum atomic E-state index is 8.87. The van der Waals surface area contributed by atoms with Crippen molar-refractivity contribution >= 4 is 5.95 Å². The predicted octanol–water partition coefficient (Wildman–Crippen LogP) is -0.529. The minimum Gasteiger partial charge on any atom is -0.388 e. The van der Waals surface area contributed by atoms with E-state index in [1.165, 1.54) is 0 Å². The number of rotatable bonds is 2. The highest BCUT2D eigenvalue weighted by molar-refractivity contribution is 5.30. The third-order valence-electron chi connectivity index (χ3n) is 2.97. The summed E-state index contributed by atoms with van der Waals surface area (Å²) in [5.41, 5.74) is 5.99. The number of piperidine rings is 1. The van der Waals surface area contributed by atoms with Crippen LogP contribution in [0.25, 0.3) is 0 Å². The van der Waals surface area contributed by atoms with Crippen LogP contribution < -0.4 is 10.6 Å². The van der Waals surface area contributed by atoms with Crippen molar-refractivity contribution in [1.82, 2.24) is 15.2 Å². The molecular weight excluding hydrogens is 194 g/mol. The Morgan fingerprint density at radius 2 is 2.47 bits per heavy atom. The fraction of sp³-hybridized carbons (Fsp3) is 0.778. The Morgan fingerprint density at radius 1 is 1.67 bits per heavy atom. The molecule has 0 amide bonds. The second-order valence-electron chi connectivity index (χ2n) is 4.12. The highest BCUT2D eigenvalue weighted by Gasteiger charge is 2.25. The maximum absolute atomic E-state index is 8.87. The topological polar surface area (TPSA) is 91.1 Å². The zero-order chi connectivity index (χ0) is 10.8. The number of hydrogen-bond donors (Lipinski definition) is 3. The second-order valence-corrected chi connectivity index (χ2v) is 4.12. The molecule has 6 nitrogen and oxygen atoms in total. The normalized spacial score (nSPS) is 27.0. The molecule has 0 aliphatic carbocycles. The van der Waals surface area contributed by atoms with E-state index >= 15 is 0 Å². The molecule has 0 bridgehead atoms. The van der Waals surface area contributed by atoms with Crippen LogP contribution in [0.1, 0.15) is 19.2 Å². The first kappa shape index (κ1) is 10.4. The van der Waals surface area contributed by atoms with Gasteiger partial charge in [0.1, 0.15) is 6.61 Å².